The fourth-order valence-electron chi connectivity index (χ4n) is 2.14. The Labute approximate surface area is 118 Å². The fourth-order valence-corrected chi connectivity index (χ4v) is 2.14. The molecule has 0 aliphatic carbocycles. The third kappa shape index (κ3) is 3.25. The van der Waals surface area contributed by atoms with Crippen LogP contribution in [0.25, 0.3) is 0 Å². The molecule has 0 aliphatic rings. The molecule has 2 aromatic rings. The maximum Gasteiger partial charge on any atom is 0.145 e. The average molecular weight is 271 g/mol. The number of nitrogens with zero attached hydrogens (tertiary/aromatic N) is 2. The Morgan fingerprint density at radius 2 is 2.20 bits per heavy atom. The first kappa shape index (κ1) is 14.3. The van der Waals surface area contributed by atoms with Crippen molar-refractivity contribution in [1.29, 1.82) is 5.26 Å². The Bertz CT molecular complexity index is 625. The predicted molar refractivity (Wildman–Crippen MR) is 76.6 cm³/mol. The molecule has 0 amide bonds. The van der Waals surface area contributed by atoms with Gasteiger partial charge in [0.25, 0.3) is 0 Å². The summed E-state index contributed by atoms with van der Waals surface area (Å²) in [7, 11) is 0. The highest BCUT2D eigenvalue weighted by molar-refractivity contribution is 5.35. The summed E-state index contributed by atoms with van der Waals surface area (Å²) in [6.45, 7) is 2.48. The summed E-state index contributed by atoms with van der Waals surface area (Å²) in [4.78, 5) is 0. The van der Waals surface area contributed by atoms with Crippen LogP contribution in [0, 0.1) is 17.1 Å². The lowest BCUT2D eigenvalue weighted by molar-refractivity contribution is 0.595. The molecule has 0 fully saturated rings. The minimum Gasteiger partial charge on any atom is -0.350 e. The van der Waals surface area contributed by atoms with E-state index >= 15 is 0 Å². The van der Waals surface area contributed by atoms with Crippen molar-refractivity contribution in [2.24, 2.45) is 5.73 Å². The zero-order chi connectivity index (χ0) is 14.5. The smallest absolute Gasteiger partial charge is 0.145 e. The first-order chi connectivity index (χ1) is 9.63. The first-order valence-corrected chi connectivity index (χ1v) is 6.71. The van der Waals surface area contributed by atoms with E-state index < -0.39 is 5.82 Å². The van der Waals surface area contributed by atoms with Gasteiger partial charge < -0.3 is 10.3 Å². The lowest BCUT2D eigenvalue weighted by Gasteiger charge is -2.07. The van der Waals surface area contributed by atoms with Crippen LogP contribution in [0.1, 0.15) is 30.0 Å². The first-order valence-electron chi connectivity index (χ1n) is 6.71. The van der Waals surface area contributed by atoms with Crippen molar-refractivity contribution in [1.82, 2.24) is 4.57 Å². The van der Waals surface area contributed by atoms with Crippen LogP contribution in [0.2, 0.25) is 0 Å². The van der Waals surface area contributed by atoms with Gasteiger partial charge in [-0.05, 0) is 30.5 Å². The monoisotopic (exact) mass is 271 g/mol. The lowest BCUT2D eigenvalue weighted by atomic mass is 10.1. The van der Waals surface area contributed by atoms with Crippen molar-refractivity contribution in [2.75, 3.05) is 0 Å². The Morgan fingerprint density at radius 3 is 2.90 bits per heavy atom. The molecule has 0 bridgehead atoms. The van der Waals surface area contributed by atoms with Gasteiger partial charge in [-0.15, -0.1) is 0 Å². The molecule has 0 radical (unpaired) electrons. The molecule has 20 heavy (non-hydrogen) atoms. The molecular formula is C16H18FN3. The lowest BCUT2D eigenvalue weighted by Crippen LogP contribution is -2.21. The summed E-state index contributed by atoms with van der Waals surface area (Å²) in [5.41, 5.74) is 7.68. The van der Waals surface area contributed by atoms with Crippen LogP contribution >= 0.6 is 0 Å². The molecule has 1 unspecified atom stereocenters. The molecule has 0 aliphatic heterocycles. The van der Waals surface area contributed by atoms with Gasteiger partial charge in [0.05, 0.1) is 5.56 Å². The molecule has 104 valence electrons. The van der Waals surface area contributed by atoms with E-state index in [9.17, 15) is 4.39 Å². The van der Waals surface area contributed by atoms with Crippen molar-refractivity contribution in [3.8, 4) is 6.07 Å². The Balaban J connectivity index is 2.13. The van der Waals surface area contributed by atoms with E-state index in [4.69, 9.17) is 11.0 Å². The minimum absolute atomic E-state index is 0.0860. The fraction of sp³-hybridized carbons (Fsp3) is 0.312. The van der Waals surface area contributed by atoms with E-state index in [0.717, 1.165) is 18.4 Å². The van der Waals surface area contributed by atoms with Gasteiger partial charge in [-0.2, -0.15) is 5.26 Å². The highest BCUT2D eigenvalue weighted by atomic mass is 19.1. The number of benzene rings is 1. The van der Waals surface area contributed by atoms with Gasteiger partial charge in [0.15, 0.2) is 0 Å². The Kier molecular flexibility index (Phi) is 4.54. The molecule has 0 saturated heterocycles. The van der Waals surface area contributed by atoms with Gasteiger partial charge in [-0.3, -0.25) is 0 Å². The third-order valence-electron chi connectivity index (χ3n) is 3.39. The molecule has 1 atom stereocenters. The predicted octanol–water partition coefficient (Wildman–Crippen LogP) is 2.83. The maximum atomic E-state index is 14.0. The molecule has 0 saturated carbocycles. The summed E-state index contributed by atoms with van der Waals surface area (Å²) in [6.07, 6.45) is 5.65. The number of aromatic nitrogens is 1. The summed E-state index contributed by atoms with van der Waals surface area (Å²) in [5.74, 6) is -0.435. The van der Waals surface area contributed by atoms with Gasteiger partial charge >= 0.3 is 0 Å². The van der Waals surface area contributed by atoms with Crippen molar-refractivity contribution < 1.29 is 4.39 Å². The van der Waals surface area contributed by atoms with Crippen LogP contribution < -0.4 is 5.73 Å². The zero-order valence-electron chi connectivity index (χ0n) is 11.5. The molecule has 4 heteroatoms. The normalized spacial score (nSPS) is 12.1. The summed E-state index contributed by atoms with van der Waals surface area (Å²) in [6, 6.07) is 8.91. The molecule has 1 heterocycles. The number of hydrogen-bond acceptors (Lipinski definition) is 2. The van der Waals surface area contributed by atoms with E-state index in [2.05, 4.69) is 6.92 Å². The van der Waals surface area contributed by atoms with E-state index in [-0.39, 0.29) is 11.6 Å². The maximum absolute atomic E-state index is 14.0. The topological polar surface area (TPSA) is 54.7 Å². The molecule has 0 spiro atoms. The van der Waals surface area contributed by atoms with Gasteiger partial charge in [0.2, 0.25) is 0 Å². The van der Waals surface area contributed by atoms with Crippen LogP contribution in [0.4, 0.5) is 4.39 Å². The van der Waals surface area contributed by atoms with Crippen LogP contribution in [-0.2, 0) is 13.0 Å². The second kappa shape index (κ2) is 6.36. The van der Waals surface area contributed by atoms with Crippen LogP contribution in [-0.4, -0.2) is 10.6 Å². The van der Waals surface area contributed by atoms with Crippen molar-refractivity contribution in [3.63, 3.8) is 0 Å². The average Bonchev–Trinajstić information content (AvgIpc) is 2.88. The highest BCUT2D eigenvalue weighted by Crippen LogP contribution is 2.15. The second-order valence-corrected chi connectivity index (χ2v) is 4.96. The number of nitriles is 1. The third-order valence-corrected chi connectivity index (χ3v) is 3.39. The summed E-state index contributed by atoms with van der Waals surface area (Å²) >= 11 is 0. The Morgan fingerprint density at radius 1 is 1.40 bits per heavy atom. The molecular weight excluding hydrogens is 253 g/mol. The SMILES string of the molecule is CCC(N)Cc1ccn(Cc2cccc(C#N)c2F)c1. The van der Waals surface area contributed by atoms with Crippen LogP contribution in [0.5, 0.6) is 0 Å². The van der Waals surface area contributed by atoms with E-state index in [0.29, 0.717) is 12.1 Å². The number of hydrogen-bond donors (Lipinski definition) is 1. The van der Waals surface area contributed by atoms with Gasteiger partial charge in [0.1, 0.15) is 11.9 Å². The zero-order valence-corrected chi connectivity index (χ0v) is 11.5. The molecule has 3 nitrogen and oxygen atoms in total. The van der Waals surface area contributed by atoms with E-state index in [1.807, 2.05) is 29.1 Å². The molecule has 2 N–H and O–H groups in total. The van der Waals surface area contributed by atoms with Crippen LogP contribution in [0.15, 0.2) is 36.7 Å². The van der Waals surface area contributed by atoms with Crippen molar-refractivity contribution in [3.05, 3.63) is 59.2 Å². The molecule has 1 aromatic carbocycles. The number of rotatable bonds is 5. The van der Waals surface area contributed by atoms with E-state index in [1.165, 1.54) is 6.07 Å². The van der Waals surface area contributed by atoms with Crippen LogP contribution in [0.3, 0.4) is 0 Å². The standard InChI is InChI=1S/C16H18FN3/c1-2-15(19)8-12-6-7-20(10-12)11-14-5-3-4-13(9-18)16(14)17/h3-7,10,15H,2,8,11,19H2,1H3. The largest absolute Gasteiger partial charge is 0.350 e. The quantitative estimate of drug-likeness (QED) is 0.909. The number of halogens is 1. The van der Waals surface area contributed by atoms with Crippen molar-refractivity contribution in [2.45, 2.75) is 32.4 Å². The summed E-state index contributed by atoms with van der Waals surface area (Å²) < 4.78 is 15.9. The Hall–Kier alpha value is -2.12. The summed E-state index contributed by atoms with van der Waals surface area (Å²) in [5, 5.41) is 8.83. The van der Waals surface area contributed by atoms with E-state index in [1.54, 1.807) is 12.1 Å². The molecule has 1 aromatic heterocycles. The van der Waals surface area contributed by atoms with Crippen molar-refractivity contribution >= 4 is 0 Å². The van der Waals surface area contributed by atoms with Gasteiger partial charge in [0, 0.05) is 30.5 Å². The number of nitrogens with two attached hydrogens (primary N) is 1. The highest BCUT2D eigenvalue weighted by Gasteiger charge is 2.09. The van der Waals surface area contributed by atoms with Gasteiger partial charge in [-0.1, -0.05) is 19.1 Å². The molecule has 2 rings (SSSR count). The van der Waals surface area contributed by atoms with Gasteiger partial charge in [-0.25, -0.2) is 4.39 Å². The second-order valence-electron chi connectivity index (χ2n) is 4.96. The minimum atomic E-state index is -0.435.